The minimum Gasteiger partial charge on any atom is -0.425 e. The number of esters is 1. The van der Waals surface area contributed by atoms with E-state index in [2.05, 4.69) is 19.9 Å². The number of hydrogen-bond donors (Lipinski definition) is 0. The fourth-order valence-electron chi connectivity index (χ4n) is 2.26. The van der Waals surface area contributed by atoms with Crippen LogP contribution < -0.4 is 4.74 Å². The van der Waals surface area contributed by atoms with E-state index in [4.69, 9.17) is 4.74 Å². The third-order valence-electron chi connectivity index (χ3n) is 3.49. The third-order valence-corrected chi connectivity index (χ3v) is 3.49. The van der Waals surface area contributed by atoms with Crippen LogP contribution >= 0.6 is 0 Å². The molecule has 0 aliphatic carbocycles. The van der Waals surface area contributed by atoms with Gasteiger partial charge < -0.3 is 4.74 Å². The lowest BCUT2D eigenvalue weighted by atomic mass is 9.91. The average molecular weight is 218 g/mol. The topological polar surface area (TPSA) is 26.3 Å². The van der Waals surface area contributed by atoms with Crippen molar-refractivity contribution in [2.45, 2.75) is 45.4 Å². The van der Waals surface area contributed by atoms with Gasteiger partial charge in [0, 0.05) is 5.56 Å². The Bertz CT molecular complexity index is 409. The second-order valence-corrected chi connectivity index (χ2v) is 4.46. The number of fused-ring (bicyclic) bond motifs is 1. The second-order valence-electron chi connectivity index (χ2n) is 4.46. The zero-order chi connectivity index (χ0) is 11.7. The lowest BCUT2D eigenvalue weighted by molar-refractivity contribution is -0.134. The van der Waals surface area contributed by atoms with Crippen LogP contribution in [0.1, 0.15) is 56.6 Å². The van der Waals surface area contributed by atoms with E-state index in [1.807, 2.05) is 19.1 Å². The van der Waals surface area contributed by atoms with Gasteiger partial charge in [0.2, 0.25) is 0 Å². The molecule has 1 heterocycles. The van der Waals surface area contributed by atoms with Gasteiger partial charge in [-0.2, -0.15) is 0 Å². The summed E-state index contributed by atoms with van der Waals surface area (Å²) in [6, 6.07) is 6.11. The van der Waals surface area contributed by atoms with Crippen LogP contribution in [0.25, 0.3) is 0 Å². The van der Waals surface area contributed by atoms with Gasteiger partial charge in [-0.05, 0) is 24.3 Å². The van der Waals surface area contributed by atoms with E-state index in [0.717, 1.165) is 24.2 Å². The molecule has 0 fully saturated rings. The van der Waals surface area contributed by atoms with E-state index in [9.17, 15) is 4.79 Å². The normalized spacial score (nSPS) is 20.4. The Morgan fingerprint density at radius 1 is 1.38 bits per heavy atom. The molecule has 2 nitrogen and oxygen atoms in total. The highest BCUT2D eigenvalue weighted by molar-refractivity contribution is 5.86. The summed E-state index contributed by atoms with van der Waals surface area (Å²) in [5.74, 6) is 1.12. The summed E-state index contributed by atoms with van der Waals surface area (Å²) in [6.07, 6.45) is 1.88. The molecule has 86 valence electrons. The summed E-state index contributed by atoms with van der Waals surface area (Å²) in [5, 5.41) is 0. The first-order valence-electron chi connectivity index (χ1n) is 6.03. The summed E-state index contributed by atoms with van der Waals surface area (Å²) in [5.41, 5.74) is 2.24. The Morgan fingerprint density at radius 2 is 2.12 bits per heavy atom. The molecule has 1 aliphatic heterocycles. The van der Waals surface area contributed by atoms with Gasteiger partial charge in [-0.3, -0.25) is 4.79 Å². The molecule has 2 rings (SSSR count). The van der Waals surface area contributed by atoms with Gasteiger partial charge in [0.1, 0.15) is 5.75 Å². The molecule has 0 spiro atoms. The smallest absolute Gasteiger partial charge is 0.318 e. The molecule has 0 N–H and O–H groups in total. The van der Waals surface area contributed by atoms with Crippen molar-refractivity contribution in [3.63, 3.8) is 0 Å². The summed E-state index contributed by atoms with van der Waals surface area (Å²) < 4.78 is 5.43. The first-order chi connectivity index (χ1) is 7.69. The van der Waals surface area contributed by atoms with Gasteiger partial charge in [-0.25, -0.2) is 0 Å². The Balaban J connectivity index is 2.47. The van der Waals surface area contributed by atoms with Crippen molar-refractivity contribution in [2.75, 3.05) is 0 Å². The van der Waals surface area contributed by atoms with Crippen LogP contribution in [0.3, 0.4) is 0 Å². The largest absolute Gasteiger partial charge is 0.425 e. The molecule has 0 unspecified atom stereocenters. The molecular weight excluding hydrogens is 200 g/mol. The highest BCUT2D eigenvalue weighted by atomic mass is 16.5. The molecule has 1 aromatic rings. The number of hydrogen-bond acceptors (Lipinski definition) is 2. The van der Waals surface area contributed by atoms with Gasteiger partial charge in [0.25, 0.3) is 0 Å². The minimum absolute atomic E-state index is 0.0565. The number of benzene rings is 1. The Labute approximate surface area is 96.6 Å². The van der Waals surface area contributed by atoms with Crippen LogP contribution in [0.15, 0.2) is 18.2 Å². The number of carbonyl (C=O) groups excluding carboxylic acids is 1. The van der Waals surface area contributed by atoms with Crippen molar-refractivity contribution in [3.05, 3.63) is 29.3 Å². The molecular formula is C14H18O2. The van der Waals surface area contributed by atoms with Crippen LogP contribution in [-0.2, 0) is 4.79 Å². The number of rotatable bonds is 3. The number of ether oxygens (including phenoxy) is 1. The van der Waals surface area contributed by atoms with E-state index >= 15 is 0 Å². The SMILES string of the molecule is CC[C@@H](C)c1cccc2c1OC(=O)[C@@H]2CC. The van der Waals surface area contributed by atoms with Crippen molar-refractivity contribution in [3.8, 4) is 5.75 Å². The van der Waals surface area contributed by atoms with Crippen molar-refractivity contribution in [1.82, 2.24) is 0 Å². The quantitative estimate of drug-likeness (QED) is 0.572. The zero-order valence-electron chi connectivity index (χ0n) is 10.1. The molecule has 0 saturated carbocycles. The molecule has 0 saturated heterocycles. The van der Waals surface area contributed by atoms with Crippen molar-refractivity contribution >= 4 is 5.97 Å². The van der Waals surface area contributed by atoms with E-state index in [1.165, 1.54) is 5.56 Å². The average Bonchev–Trinajstić information content (AvgIpc) is 2.63. The van der Waals surface area contributed by atoms with Crippen LogP contribution in [-0.4, -0.2) is 5.97 Å². The first kappa shape index (κ1) is 11.2. The summed E-state index contributed by atoms with van der Waals surface area (Å²) in [7, 11) is 0. The highest BCUT2D eigenvalue weighted by Crippen LogP contribution is 2.42. The Hall–Kier alpha value is -1.31. The standard InChI is InChI=1S/C14H18O2/c1-4-9(3)11-7-6-8-12-10(5-2)14(15)16-13(11)12/h6-10H,4-5H2,1-3H3/t9-,10-/m1/s1. The number of carbonyl (C=O) groups is 1. The monoisotopic (exact) mass is 218 g/mol. The maximum Gasteiger partial charge on any atom is 0.318 e. The van der Waals surface area contributed by atoms with Crippen molar-refractivity contribution in [2.24, 2.45) is 0 Å². The summed E-state index contributed by atoms with van der Waals surface area (Å²) in [6.45, 7) is 6.35. The summed E-state index contributed by atoms with van der Waals surface area (Å²) in [4.78, 5) is 11.7. The molecule has 0 radical (unpaired) electrons. The first-order valence-corrected chi connectivity index (χ1v) is 6.03. The predicted octanol–water partition coefficient (Wildman–Crippen LogP) is 3.61. The molecule has 1 aliphatic rings. The van der Waals surface area contributed by atoms with E-state index in [-0.39, 0.29) is 11.9 Å². The number of para-hydroxylation sites is 1. The Morgan fingerprint density at radius 3 is 2.75 bits per heavy atom. The maximum atomic E-state index is 11.7. The zero-order valence-corrected chi connectivity index (χ0v) is 10.1. The van der Waals surface area contributed by atoms with Crippen molar-refractivity contribution in [1.29, 1.82) is 0 Å². The molecule has 16 heavy (non-hydrogen) atoms. The third kappa shape index (κ3) is 1.62. The molecule has 1 aromatic carbocycles. The highest BCUT2D eigenvalue weighted by Gasteiger charge is 2.33. The molecule has 0 bridgehead atoms. The Kier molecular flexibility index (Phi) is 2.99. The lowest BCUT2D eigenvalue weighted by Crippen LogP contribution is -2.08. The van der Waals surface area contributed by atoms with Crippen molar-refractivity contribution < 1.29 is 9.53 Å². The van der Waals surface area contributed by atoms with E-state index in [1.54, 1.807) is 0 Å². The van der Waals surface area contributed by atoms with Gasteiger partial charge in [0.15, 0.2) is 0 Å². The maximum absolute atomic E-state index is 11.7. The predicted molar refractivity (Wildman–Crippen MR) is 63.8 cm³/mol. The second kappa shape index (κ2) is 4.28. The van der Waals surface area contributed by atoms with Gasteiger partial charge in [0.05, 0.1) is 5.92 Å². The fraction of sp³-hybridized carbons (Fsp3) is 0.500. The summed E-state index contributed by atoms with van der Waals surface area (Å²) >= 11 is 0. The van der Waals surface area contributed by atoms with Gasteiger partial charge >= 0.3 is 5.97 Å². The van der Waals surface area contributed by atoms with Crippen LogP contribution in [0.2, 0.25) is 0 Å². The van der Waals surface area contributed by atoms with Crippen LogP contribution in [0, 0.1) is 0 Å². The molecule has 0 aromatic heterocycles. The van der Waals surface area contributed by atoms with E-state index < -0.39 is 0 Å². The van der Waals surface area contributed by atoms with Gasteiger partial charge in [-0.15, -0.1) is 0 Å². The molecule has 2 atom stereocenters. The van der Waals surface area contributed by atoms with Crippen LogP contribution in [0.5, 0.6) is 5.75 Å². The van der Waals surface area contributed by atoms with Crippen LogP contribution in [0.4, 0.5) is 0 Å². The molecule has 2 heteroatoms. The fourth-order valence-corrected chi connectivity index (χ4v) is 2.26. The molecule has 0 amide bonds. The van der Waals surface area contributed by atoms with E-state index in [0.29, 0.717) is 5.92 Å². The minimum atomic E-state index is -0.0896. The lowest BCUT2D eigenvalue weighted by Gasteiger charge is -2.12. The van der Waals surface area contributed by atoms with Gasteiger partial charge in [-0.1, -0.05) is 39.0 Å².